The third kappa shape index (κ3) is 3.79. The summed E-state index contributed by atoms with van der Waals surface area (Å²) in [6.07, 6.45) is -3.67. The van der Waals surface area contributed by atoms with Crippen LogP contribution in [0.2, 0.25) is 0 Å². The number of alkyl halides is 3. The first-order valence-corrected chi connectivity index (χ1v) is 8.10. The first-order chi connectivity index (χ1) is 12.4. The molecule has 0 aliphatic heterocycles. The van der Waals surface area contributed by atoms with Crippen molar-refractivity contribution in [2.24, 2.45) is 16.5 Å². The topological polar surface area (TPSA) is 64.4 Å². The Morgan fingerprint density at radius 2 is 1.50 bits per heavy atom. The van der Waals surface area contributed by atoms with E-state index < -0.39 is 11.7 Å². The van der Waals surface area contributed by atoms with Crippen LogP contribution in [0.5, 0.6) is 0 Å². The molecule has 26 heavy (non-hydrogen) atoms. The highest BCUT2D eigenvalue weighted by molar-refractivity contribution is 5.98. The minimum atomic E-state index is -4.34. The van der Waals surface area contributed by atoms with Gasteiger partial charge in [-0.25, -0.2) is 0 Å². The van der Waals surface area contributed by atoms with Crippen LogP contribution in [0.15, 0.2) is 65.7 Å². The normalized spacial score (nSPS) is 11.5. The Bertz CT molecular complexity index is 941. The van der Waals surface area contributed by atoms with Gasteiger partial charge in [0.15, 0.2) is 5.96 Å². The van der Waals surface area contributed by atoms with Crippen molar-refractivity contribution in [2.75, 3.05) is 6.54 Å². The van der Waals surface area contributed by atoms with Gasteiger partial charge in [0.25, 0.3) is 0 Å². The Kier molecular flexibility index (Phi) is 4.84. The summed E-state index contributed by atoms with van der Waals surface area (Å²) in [6, 6.07) is 16.9. The van der Waals surface area contributed by atoms with Crippen molar-refractivity contribution in [3.63, 3.8) is 0 Å². The molecule has 3 aromatic carbocycles. The molecule has 6 heteroatoms. The Morgan fingerprint density at radius 1 is 0.846 bits per heavy atom. The zero-order chi connectivity index (χ0) is 18.7. The number of benzene rings is 3. The van der Waals surface area contributed by atoms with E-state index in [1.54, 1.807) is 0 Å². The van der Waals surface area contributed by atoms with Gasteiger partial charge in [0.2, 0.25) is 0 Å². The molecule has 0 amide bonds. The predicted octanol–water partition coefficient (Wildman–Crippen LogP) is 4.34. The van der Waals surface area contributed by atoms with Gasteiger partial charge in [0.1, 0.15) is 0 Å². The lowest BCUT2D eigenvalue weighted by atomic mass is 9.94. The van der Waals surface area contributed by atoms with Crippen molar-refractivity contribution in [3.8, 4) is 11.1 Å². The molecule has 0 aromatic heterocycles. The highest BCUT2D eigenvalue weighted by Crippen LogP contribution is 2.34. The Balaban J connectivity index is 2.01. The van der Waals surface area contributed by atoms with E-state index in [-0.39, 0.29) is 5.96 Å². The number of nitrogens with two attached hydrogens (primary N) is 2. The fourth-order valence-electron chi connectivity index (χ4n) is 2.99. The van der Waals surface area contributed by atoms with Crippen molar-refractivity contribution < 1.29 is 13.2 Å². The summed E-state index contributed by atoms with van der Waals surface area (Å²) in [4.78, 5) is 4.01. The highest BCUT2D eigenvalue weighted by atomic mass is 19.4. The van der Waals surface area contributed by atoms with Crippen molar-refractivity contribution in [1.82, 2.24) is 0 Å². The number of hydrogen-bond donors (Lipinski definition) is 2. The van der Waals surface area contributed by atoms with Gasteiger partial charge in [0, 0.05) is 6.54 Å². The van der Waals surface area contributed by atoms with Crippen LogP contribution < -0.4 is 11.5 Å². The van der Waals surface area contributed by atoms with Gasteiger partial charge in [-0.1, -0.05) is 48.5 Å². The molecule has 3 rings (SSSR count). The monoisotopic (exact) mass is 357 g/mol. The molecule has 0 radical (unpaired) electrons. The summed E-state index contributed by atoms with van der Waals surface area (Å²) in [5.74, 6) is 0.0516. The van der Waals surface area contributed by atoms with E-state index in [9.17, 15) is 13.2 Å². The molecule has 0 aliphatic rings. The third-order valence-electron chi connectivity index (χ3n) is 4.21. The van der Waals surface area contributed by atoms with Crippen LogP contribution in [0.1, 0.15) is 11.1 Å². The number of hydrogen-bond acceptors (Lipinski definition) is 1. The van der Waals surface area contributed by atoms with Gasteiger partial charge in [-0.3, -0.25) is 4.99 Å². The molecule has 0 atom stereocenters. The SMILES string of the molecule is NC(N)=NCCc1cccc2c(-c3ccc(C(F)(F)F)cc3)cccc12. The van der Waals surface area contributed by atoms with E-state index in [4.69, 9.17) is 11.5 Å². The lowest BCUT2D eigenvalue weighted by molar-refractivity contribution is -0.137. The third-order valence-corrected chi connectivity index (χ3v) is 4.21. The zero-order valence-corrected chi connectivity index (χ0v) is 13.9. The van der Waals surface area contributed by atoms with Gasteiger partial charge in [-0.2, -0.15) is 13.2 Å². The largest absolute Gasteiger partial charge is 0.416 e. The molecule has 4 N–H and O–H groups in total. The lowest BCUT2D eigenvalue weighted by Gasteiger charge is -2.12. The van der Waals surface area contributed by atoms with Crippen LogP contribution in [-0.4, -0.2) is 12.5 Å². The fraction of sp³-hybridized carbons (Fsp3) is 0.150. The smallest absolute Gasteiger partial charge is 0.370 e. The van der Waals surface area contributed by atoms with Gasteiger partial charge < -0.3 is 11.5 Å². The summed E-state index contributed by atoms with van der Waals surface area (Å²) in [6.45, 7) is 0.478. The summed E-state index contributed by atoms with van der Waals surface area (Å²) in [7, 11) is 0. The summed E-state index contributed by atoms with van der Waals surface area (Å²) >= 11 is 0. The molecule has 0 spiro atoms. The number of fused-ring (bicyclic) bond motifs is 1. The molecule has 0 heterocycles. The maximum atomic E-state index is 12.8. The van der Waals surface area contributed by atoms with Crippen LogP contribution in [0.25, 0.3) is 21.9 Å². The molecule has 0 saturated heterocycles. The number of aliphatic imine (C=N–C) groups is 1. The van der Waals surface area contributed by atoms with E-state index in [0.717, 1.165) is 39.6 Å². The van der Waals surface area contributed by atoms with Gasteiger partial charge in [0.05, 0.1) is 5.56 Å². The van der Waals surface area contributed by atoms with Crippen molar-refractivity contribution in [3.05, 3.63) is 71.8 Å². The highest BCUT2D eigenvalue weighted by Gasteiger charge is 2.30. The fourth-order valence-corrected chi connectivity index (χ4v) is 2.99. The molecule has 0 bridgehead atoms. The maximum Gasteiger partial charge on any atom is 0.416 e. The predicted molar refractivity (Wildman–Crippen MR) is 98.8 cm³/mol. The van der Waals surface area contributed by atoms with Crippen LogP contribution in [0, 0.1) is 0 Å². The minimum Gasteiger partial charge on any atom is -0.370 e. The first-order valence-electron chi connectivity index (χ1n) is 8.10. The Morgan fingerprint density at radius 3 is 2.15 bits per heavy atom. The summed E-state index contributed by atoms with van der Waals surface area (Å²) in [5, 5.41) is 2.02. The van der Waals surface area contributed by atoms with E-state index in [0.29, 0.717) is 13.0 Å². The lowest BCUT2D eigenvalue weighted by Crippen LogP contribution is -2.23. The molecule has 3 aromatic rings. The van der Waals surface area contributed by atoms with Crippen molar-refractivity contribution in [1.29, 1.82) is 0 Å². The minimum absolute atomic E-state index is 0.0516. The van der Waals surface area contributed by atoms with E-state index in [2.05, 4.69) is 4.99 Å². The van der Waals surface area contributed by atoms with Crippen LogP contribution in [0.4, 0.5) is 13.2 Å². The number of guanidine groups is 1. The molecule has 0 saturated carbocycles. The molecule has 0 aliphatic carbocycles. The average Bonchev–Trinajstić information content (AvgIpc) is 2.60. The molecule has 0 unspecified atom stereocenters. The standard InChI is InChI=1S/C20H18F3N3/c21-20(22,23)15-9-7-14(8-10-15)17-5-2-4-16-13(3-1-6-18(16)17)11-12-26-19(24)25/h1-10H,11-12H2,(H4,24,25,26). The summed E-state index contributed by atoms with van der Waals surface area (Å²) in [5.41, 5.74) is 12.8. The maximum absolute atomic E-state index is 12.8. The van der Waals surface area contributed by atoms with Gasteiger partial charge in [-0.05, 0) is 46.0 Å². The van der Waals surface area contributed by atoms with Crippen molar-refractivity contribution >= 4 is 16.7 Å². The van der Waals surface area contributed by atoms with E-state index in [1.165, 1.54) is 12.1 Å². The van der Waals surface area contributed by atoms with Gasteiger partial charge >= 0.3 is 6.18 Å². The Labute approximate surface area is 149 Å². The first kappa shape index (κ1) is 17.8. The second-order valence-electron chi connectivity index (χ2n) is 5.95. The van der Waals surface area contributed by atoms with Crippen LogP contribution in [-0.2, 0) is 12.6 Å². The number of nitrogens with zero attached hydrogens (tertiary/aromatic N) is 1. The van der Waals surface area contributed by atoms with Crippen LogP contribution in [0.3, 0.4) is 0 Å². The summed E-state index contributed by atoms with van der Waals surface area (Å²) < 4.78 is 38.3. The second-order valence-corrected chi connectivity index (χ2v) is 5.95. The molecule has 0 fully saturated rings. The Hall–Kier alpha value is -3.02. The second kappa shape index (κ2) is 7.07. The van der Waals surface area contributed by atoms with E-state index in [1.807, 2.05) is 36.4 Å². The molecular weight excluding hydrogens is 339 g/mol. The molecular formula is C20H18F3N3. The number of halogens is 3. The van der Waals surface area contributed by atoms with Crippen molar-refractivity contribution in [2.45, 2.75) is 12.6 Å². The quantitative estimate of drug-likeness (QED) is 0.539. The zero-order valence-electron chi connectivity index (χ0n) is 13.9. The molecule has 134 valence electrons. The van der Waals surface area contributed by atoms with Gasteiger partial charge in [-0.15, -0.1) is 0 Å². The number of rotatable bonds is 4. The van der Waals surface area contributed by atoms with E-state index >= 15 is 0 Å². The average molecular weight is 357 g/mol. The molecule has 3 nitrogen and oxygen atoms in total. The van der Waals surface area contributed by atoms with Crippen LogP contribution >= 0.6 is 0 Å².